The number of fused-ring (bicyclic) bond motifs is 3. The van der Waals surface area contributed by atoms with Gasteiger partial charge in [0.2, 0.25) is 0 Å². The molecule has 0 fully saturated rings. The maximum Gasteiger partial charge on any atom is 0.136 e. The third kappa shape index (κ3) is 3.09. The Kier molecular flexibility index (Phi) is 4.25. The molecule has 2 aromatic heterocycles. The van der Waals surface area contributed by atoms with Gasteiger partial charge in [0, 0.05) is 22.5 Å². The van der Waals surface area contributed by atoms with Crippen molar-refractivity contribution in [2.75, 3.05) is 0 Å². The summed E-state index contributed by atoms with van der Waals surface area (Å²) in [5.74, 6) is 0. The van der Waals surface area contributed by atoms with Gasteiger partial charge in [-0.1, -0.05) is 63.2 Å². The molecule has 5 rings (SSSR count). The van der Waals surface area contributed by atoms with Crippen LogP contribution in [0.15, 0.2) is 83.4 Å². The number of hydrogen-bond acceptors (Lipinski definition) is 2. The maximum absolute atomic E-state index is 6.18. The Labute approximate surface area is 177 Å². The van der Waals surface area contributed by atoms with E-state index in [2.05, 4.69) is 88.4 Å². The smallest absolute Gasteiger partial charge is 0.136 e. The molecule has 0 bridgehead atoms. The van der Waals surface area contributed by atoms with Crippen molar-refractivity contribution in [1.29, 1.82) is 0 Å². The number of nitrogens with zero attached hydrogens (tertiary/aromatic N) is 1. The van der Waals surface area contributed by atoms with Crippen LogP contribution in [0.3, 0.4) is 0 Å². The zero-order chi connectivity index (χ0) is 20.9. The quantitative estimate of drug-likeness (QED) is 0.305. The van der Waals surface area contributed by atoms with E-state index in [9.17, 15) is 0 Å². The number of aromatic nitrogens is 1. The molecule has 0 N–H and O–H groups in total. The van der Waals surface area contributed by atoms with Gasteiger partial charge < -0.3 is 4.42 Å². The number of furan rings is 1. The third-order valence-electron chi connectivity index (χ3n) is 5.79. The summed E-state index contributed by atoms with van der Waals surface area (Å²) in [5, 5.41) is 2.28. The number of benzene rings is 3. The Balaban J connectivity index is 1.75. The van der Waals surface area contributed by atoms with Crippen LogP contribution in [-0.2, 0) is 5.41 Å². The molecule has 0 saturated carbocycles. The Morgan fingerprint density at radius 3 is 2.33 bits per heavy atom. The molecule has 148 valence electrons. The molecule has 2 heterocycles. The van der Waals surface area contributed by atoms with Crippen LogP contribution in [0.4, 0.5) is 0 Å². The molecule has 5 aromatic rings. The Morgan fingerprint density at radius 2 is 1.57 bits per heavy atom. The number of aryl methyl sites for hydroxylation is 1. The van der Waals surface area contributed by atoms with Gasteiger partial charge in [-0.05, 0) is 64.9 Å². The fourth-order valence-corrected chi connectivity index (χ4v) is 4.33. The summed E-state index contributed by atoms with van der Waals surface area (Å²) in [4.78, 5) is 4.74. The highest BCUT2D eigenvalue weighted by molar-refractivity contribution is 6.13. The molecule has 2 heteroatoms. The lowest BCUT2D eigenvalue weighted by atomic mass is 9.84. The zero-order valence-corrected chi connectivity index (χ0v) is 17.9. The molecule has 0 aliphatic carbocycles. The van der Waals surface area contributed by atoms with E-state index in [1.807, 2.05) is 18.3 Å². The van der Waals surface area contributed by atoms with Gasteiger partial charge in [0.25, 0.3) is 0 Å². The second kappa shape index (κ2) is 6.84. The van der Waals surface area contributed by atoms with Crippen LogP contribution < -0.4 is 0 Å². The van der Waals surface area contributed by atoms with Gasteiger partial charge in [-0.25, -0.2) is 0 Å². The highest BCUT2D eigenvalue weighted by Gasteiger charge is 2.18. The van der Waals surface area contributed by atoms with Crippen molar-refractivity contribution in [3.05, 3.63) is 90.1 Å². The van der Waals surface area contributed by atoms with Crippen LogP contribution in [0.1, 0.15) is 31.9 Å². The van der Waals surface area contributed by atoms with E-state index >= 15 is 0 Å². The molecule has 3 aromatic carbocycles. The van der Waals surface area contributed by atoms with Crippen molar-refractivity contribution in [2.45, 2.75) is 33.1 Å². The van der Waals surface area contributed by atoms with Crippen LogP contribution in [0, 0.1) is 6.92 Å². The Hall–Kier alpha value is -3.39. The average Bonchev–Trinajstić information content (AvgIpc) is 3.12. The van der Waals surface area contributed by atoms with Gasteiger partial charge in [0.05, 0.1) is 5.69 Å². The highest BCUT2D eigenvalue weighted by atomic mass is 16.3. The van der Waals surface area contributed by atoms with Crippen LogP contribution in [-0.4, -0.2) is 4.98 Å². The molecular formula is C28H25NO. The standard InChI is InChI=1S/C28H25NO/c1-18-17-29-24(16-23(18)28(2,3)4)20-13-14-25-22(15-20)27-21(11-8-12-26(27)30-25)19-9-6-5-7-10-19/h5-17H,1-4H3. The van der Waals surface area contributed by atoms with Gasteiger partial charge in [-0.3, -0.25) is 4.98 Å². The molecule has 0 radical (unpaired) electrons. The predicted molar refractivity (Wildman–Crippen MR) is 126 cm³/mol. The SMILES string of the molecule is Cc1cnc(-c2ccc3oc4cccc(-c5ccccc5)c4c3c2)cc1C(C)(C)C. The lowest BCUT2D eigenvalue weighted by Gasteiger charge is -2.22. The van der Waals surface area contributed by atoms with Crippen molar-refractivity contribution in [3.8, 4) is 22.4 Å². The van der Waals surface area contributed by atoms with Crippen molar-refractivity contribution in [2.24, 2.45) is 0 Å². The first-order valence-corrected chi connectivity index (χ1v) is 10.4. The van der Waals surface area contributed by atoms with E-state index in [1.54, 1.807) is 0 Å². The lowest BCUT2D eigenvalue weighted by molar-refractivity contribution is 0.585. The zero-order valence-electron chi connectivity index (χ0n) is 17.9. The molecule has 0 spiro atoms. The topological polar surface area (TPSA) is 26.0 Å². The normalized spacial score (nSPS) is 12.0. The van der Waals surface area contributed by atoms with Gasteiger partial charge in [-0.2, -0.15) is 0 Å². The second-order valence-electron chi connectivity index (χ2n) is 8.99. The largest absolute Gasteiger partial charge is 0.456 e. The first kappa shape index (κ1) is 18.6. The van der Waals surface area contributed by atoms with Crippen LogP contribution in [0.25, 0.3) is 44.3 Å². The van der Waals surface area contributed by atoms with Gasteiger partial charge in [-0.15, -0.1) is 0 Å². The molecule has 0 aliphatic heterocycles. The molecule has 0 amide bonds. The molecule has 2 nitrogen and oxygen atoms in total. The first-order valence-electron chi connectivity index (χ1n) is 10.4. The van der Waals surface area contributed by atoms with E-state index in [1.165, 1.54) is 22.3 Å². The summed E-state index contributed by atoms with van der Waals surface area (Å²) < 4.78 is 6.18. The monoisotopic (exact) mass is 391 g/mol. The summed E-state index contributed by atoms with van der Waals surface area (Å²) in [6.07, 6.45) is 1.99. The fraction of sp³-hybridized carbons (Fsp3) is 0.179. The van der Waals surface area contributed by atoms with E-state index in [0.717, 1.165) is 33.2 Å². The molecule has 0 aliphatic rings. The Bertz CT molecular complexity index is 1370. The summed E-state index contributed by atoms with van der Waals surface area (Å²) in [5.41, 5.74) is 8.95. The highest BCUT2D eigenvalue weighted by Crippen LogP contribution is 2.38. The summed E-state index contributed by atoms with van der Waals surface area (Å²) in [7, 11) is 0. The van der Waals surface area contributed by atoms with Gasteiger partial charge in [0.1, 0.15) is 11.2 Å². The first-order chi connectivity index (χ1) is 14.4. The van der Waals surface area contributed by atoms with E-state index in [-0.39, 0.29) is 5.41 Å². The molecule has 30 heavy (non-hydrogen) atoms. The number of hydrogen-bond donors (Lipinski definition) is 0. The van der Waals surface area contributed by atoms with Crippen LogP contribution >= 0.6 is 0 Å². The summed E-state index contributed by atoms with van der Waals surface area (Å²) in [6, 6.07) is 25.4. The van der Waals surface area contributed by atoms with Gasteiger partial charge in [0.15, 0.2) is 0 Å². The minimum atomic E-state index is 0.0781. The number of pyridine rings is 1. The predicted octanol–water partition coefficient (Wildman–Crippen LogP) is 7.92. The van der Waals surface area contributed by atoms with E-state index < -0.39 is 0 Å². The summed E-state index contributed by atoms with van der Waals surface area (Å²) in [6.45, 7) is 8.88. The molecule has 0 unspecified atom stereocenters. The van der Waals surface area contributed by atoms with Crippen molar-refractivity contribution in [1.82, 2.24) is 4.98 Å². The van der Waals surface area contributed by atoms with Crippen molar-refractivity contribution < 1.29 is 4.42 Å². The number of rotatable bonds is 2. The van der Waals surface area contributed by atoms with Crippen molar-refractivity contribution in [3.63, 3.8) is 0 Å². The molecule has 0 saturated heterocycles. The minimum absolute atomic E-state index is 0.0781. The van der Waals surface area contributed by atoms with Gasteiger partial charge >= 0.3 is 0 Å². The molecular weight excluding hydrogens is 366 g/mol. The second-order valence-corrected chi connectivity index (χ2v) is 8.99. The Morgan fingerprint density at radius 1 is 0.767 bits per heavy atom. The average molecular weight is 392 g/mol. The van der Waals surface area contributed by atoms with Crippen LogP contribution in [0.5, 0.6) is 0 Å². The molecule has 0 atom stereocenters. The van der Waals surface area contributed by atoms with Crippen LogP contribution in [0.2, 0.25) is 0 Å². The van der Waals surface area contributed by atoms with E-state index in [4.69, 9.17) is 9.40 Å². The summed E-state index contributed by atoms with van der Waals surface area (Å²) >= 11 is 0. The van der Waals surface area contributed by atoms with E-state index in [0.29, 0.717) is 0 Å². The third-order valence-corrected chi connectivity index (χ3v) is 5.79. The minimum Gasteiger partial charge on any atom is -0.456 e. The van der Waals surface area contributed by atoms with Crippen molar-refractivity contribution >= 4 is 21.9 Å². The fourth-order valence-electron chi connectivity index (χ4n) is 4.33. The maximum atomic E-state index is 6.18. The lowest BCUT2D eigenvalue weighted by Crippen LogP contribution is -2.13.